The van der Waals surface area contributed by atoms with E-state index in [0.717, 1.165) is 35.3 Å². The van der Waals surface area contributed by atoms with Gasteiger partial charge in [-0.2, -0.15) is 5.26 Å². The maximum absolute atomic E-state index is 10.2. The minimum atomic E-state index is -0.671. The van der Waals surface area contributed by atoms with Gasteiger partial charge in [0.25, 0.3) is 0 Å². The maximum atomic E-state index is 10.2. The van der Waals surface area contributed by atoms with Gasteiger partial charge in [-0.1, -0.05) is 0 Å². The molecule has 0 saturated heterocycles. The van der Waals surface area contributed by atoms with Crippen LogP contribution >= 0.6 is 0 Å². The fraction of sp³-hybridized carbons (Fsp3) is 0.292. The van der Waals surface area contributed by atoms with Crippen LogP contribution in [0.1, 0.15) is 38.4 Å². The average Bonchev–Trinajstić information content (AvgIpc) is 3.45. The zero-order valence-electron chi connectivity index (χ0n) is 18.2. The van der Waals surface area contributed by atoms with Gasteiger partial charge in [-0.25, -0.2) is 9.97 Å². The van der Waals surface area contributed by atoms with Gasteiger partial charge in [-0.3, -0.25) is 4.57 Å². The minimum absolute atomic E-state index is 0.314. The molecule has 5 N–H and O–H groups in total. The van der Waals surface area contributed by atoms with Gasteiger partial charge in [0.1, 0.15) is 18.0 Å². The molecule has 1 aliphatic carbocycles. The fourth-order valence-corrected chi connectivity index (χ4v) is 3.43. The number of allylic oxidation sites excluding steroid dienone is 3. The highest BCUT2D eigenvalue weighted by molar-refractivity contribution is 5.81. The Hall–Kier alpha value is -3.83. The molecule has 164 valence electrons. The first-order valence-corrected chi connectivity index (χ1v) is 10.6. The molecule has 1 atom stereocenters. The van der Waals surface area contributed by atoms with E-state index in [0.29, 0.717) is 23.7 Å². The molecule has 0 radical (unpaired) electrons. The van der Waals surface area contributed by atoms with E-state index in [4.69, 9.17) is 10.7 Å². The summed E-state index contributed by atoms with van der Waals surface area (Å²) in [4.78, 5) is 9.27. The number of aliphatic hydroxyl groups is 1. The molecule has 0 spiro atoms. The molecule has 8 heteroatoms. The van der Waals surface area contributed by atoms with Crippen LogP contribution in [0.5, 0.6) is 0 Å². The number of nitrogens with zero attached hydrogens (tertiary/aromatic N) is 4. The summed E-state index contributed by atoms with van der Waals surface area (Å²) in [6.45, 7) is 4.06. The number of nitrogens with two attached hydrogens (primary N) is 1. The highest BCUT2D eigenvalue weighted by atomic mass is 16.3. The Labute approximate surface area is 187 Å². The van der Waals surface area contributed by atoms with E-state index >= 15 is 0 Å². The summed E-state index contributed by atoms with van der Waals surface area (Å²) < 4.78 is 1.91. The van der Waals surface area contributed by atoms with Gasteiger partial charge in [-0.05, 0) is 69.2 Å². The van der Waals surface area contributed by atoms with Gasteiger partial charge in [0.05, 0.1) is 28.6 Å². The SMILES string of the molecule is C/C(N)=C/C=C/Nc1ccc2c(c1)ncn2-c1ccc(C(C)O)c(NCC2(C#N)CC2)n1. The van der Waals surface area contributed by atoms with E-state index in [1.807, 2.05) is 60.2 Å². The second-order valence-corrected chi connectivity index (χ2v) is 8.26. The van der Waals surface area contributed by atoms with Gasteiger partial charge in [0.2, 0.25) is 0 Å². The van der Waals surface area contributed by atoms with Gasteiger partial charge < -0.3 is 21.5 Å². The Morgan fingerprint density at radius 1 is 1.38 bits per heavy atom. The van der Waals surface area contributed by atoms with Crippen LogP contribution in [-0.2, 0) is 0 Å². The summed E-state index contributed by atoms with van der Waals surface area (Å²) in [6, 6.07) is 12.0. The second kappa shape index (κ2) is 8.73. The molecule has 1 fully saturated rings. The van der Waals surface area contributed by atoms with Crippen molar-refractivity contribution in [3.63, 3.8) is 0 Å². The summed E-state index contributed by atoms with van der Waals surface area (Å²) in [5.41, 5.74) is 9.39. The number of imidazole rings is 1. The molecule has 0 bridgehead atoms. The number of pyridine rings is 1. The lowest BCUT2D eigenvalue weighted by atomic mass is 10.1. The first-order chi connectivity index (χ1) is 15.4. The smallest absolute Gasteiger partial charge is 0.140 e. The number of rotatable bonds is 8. The topological polar surface area (TPSA) is 125 Å². The zero-order valence-corrected chi connectivity index (χ0v) is 18.2. The molecule has 1 aromatic carbocycles. The summed E-state index contributed by atoms with van der Waals surface area (Å²) >= 11 is 0. The number of hydrogen-bond donors (Lipinski definition) is 4. The number of fused-ring (bicyclic) bond motifs is 1. The zero-order chi connectivity index (χ0) is 22.7. The normalized spacial score (nSPS) is 16.1. The van der Waals surface area contributed by atoms with E-state index in [-0.39, 0.29) is 5.41 Å². The van der Waals surface area contributed by atoms with Crippen molar-refractivity contribution in [2.24, 2.45) is 11.1 Å². The van der Waals surface area contributed by atoms with E-state index < -0.39 is 6.10 Å². The molecule has 1 saturated carbocycles. The number of hydrogen-bond acceptors (Lipinski definition) is 7. The average molecular weight is 430 g/mol. The lowest BCUT2D eigenvalue weighted by molar-refractivity contribution is 0.199. The largest absolute Gasteiger partial charge is 0.402 e. The second-order valence-electron chi connectivity index (χ2n) is 8.26. The van der Waals surface area contributed by atoms with Crippen molar-refractivity contribution >= 4 is 22.5 Å². The molecule has 1 aliphatic rings. The molecule has 1 unspecified atom stereocenters. The highest BCUT2D eigenvalue weighted by Crippen LogP contribution is 2.45. The quantitative estimate of drug-likeness (QED) is 0.399. The Balaban J connectivity index is 1.60. The molecule has 32 heavy (non-hydrogen) atoms. The fourth-order valence-electron chi connectivity index (χ4n) is 3.43. The molecular formula is C24H27N7O. The number of aromatic nitrogens is 3. The summed E-state index contributed by atoms with van der Waals surface area (Å²) in [5.74, 6) is 1.28. The van der Waals surface area contributed by atoms with Crippen LogP contribution < -0.4 is 16.4 Å². The predicted octanol–water partition coefficient (Wildman–Crippen LogP) is 3.98. The molecule has 3 aromatic rings. The first kappa shape index (κ1) is 21.4. The number of aliphatic hydroxyl groups excluding tert-OH is 1. The van der Waals surface area contributed by atoms with Crippen molar-refractivity contribution in [2.45, 2.75) is 32.8 Å². The standard InChI is InChI=1S/C24H27N7O/c1-16(26)4-3-11-27-18-5-7-21-20(12-18)29-15-31(21)22-8-6-19(17(2)32)23(30-22)28-14-24(13-25)9-10-24/h3-8,11-12,15,17,27,32H,9-10,14,26H2,1-2H3,(H,28,30)/b11-3+,16-4-. The van der Waals surface area contributed by atoms with Crippen molar-refractivity contribution in [1.29, 1.82) is 5.26 Å². The van der Waals surface area contributed by atoms with Crippen molar-refractivity contribution in [2.75, 3.05) is 17.2 Å². The van der Waals surface area contributed by atoms with Crippen molar-refractivity contribution in [3.05, 3.63) is 66.3 Å². The number of benzene rings is 1. The molecule has 2 heterocycles. The van der Waals surface area contributed by atoms with Crippen LogP contribution in [0.25, 0.3) is 16.9 Å². The van der Waals surface area contributed by atoms with Crippen molar-refractivity contribution < 1.29 is 5.11 Å². The third-order valence-electron chi connectivity index (χ3n) is 5.55. The molecule has 2 aromatic heterocycles. The van der Waals surface area contributed by atoms with Gasteiger partial charge in [-0.15, -0.1) is 0 Å². The van der Waals surface area contributed by atoms with Crippen LogP contribution in [0.15, 0.2) is 60.7 Å². The Morgan fingerprint density at radius 2 is 2.19 bits per heavy atom. The lowest BCUT2D eigenvalue weighted by Crippen LogP contribution is -2.16. The Bertz CT molecular complexity index is 1220. The monoisotopic (exact) mass is 429 g/mol. The minimum Gasteiger partial charge on any atom is -0.402 e. The van der Waals surface area contributed by atoms with Crippen LogP contribution in [0.3, 0.4) is 0 Å². The Kier molecular flexibility index (Phi) is 5.84. The molecular weight excluding hydrogens is 402 g/mol. The third kappa shape index (κ3) is 4.58. The predicted molar refractivity (Wildman–Crippen MR) is 126 cm³/mol. The lowest BCUT2D eigenvalue weighted by Gasteiger charge is -2.16. The van der Waals surface area contributed by atoms with Crippen molar-refractivity contribution in [1.82, 2.24) is 14.5 Å². The number of nitrogens with one attached hydrogen (secondary N) is 2. The molecule has 8 nitrogen and oxygen atoms in total. The van der Waals surface area contributed by atoms with E-state index in [1.165, 1.54) is 0 Å². The van der Waals surface area contributed by atoms with Gasteiger partial charge in [0, 0.05) is 29.7 Å². The molecule has 0 amide bonds. The van der Waals surface area contributed by atoms with Gasteiger partial charge in [0.15, 0.2) is 0 Å². The van der Waals surface area contributed by atoms with E-state index in [9.17, 15) is 10.4 Å². The summed E-state index contributed by atoms with van der Waals surface area (Å²) in [6.07, 6.45) is 8.32. The third-order valence-corrected chi connectivity index (χ3v) is 5.55. The maximum Gasteiger partial charge on any atom is 0.140 e. The first-order valence-electron chi connectivity index (χ1n) is 10.6. The van der Waals surface area contributed by atoms with Crippen LogP contribution in [0.4, 0.5) is 11.5 Å². The molecule has 4 rings (SSSR count). The highest BCUT2D eigenvalue weighted by Gasteiger charge is 2.43. The number of anilines is 2. The van der Waals surface area contributed by atoms with Crippen molar-refractivity contribution in [3.8, 4) is 11.9 Å². The summed E-state index contributed by atoms with van der Waals surface area (Å²) in [5, 5.41) is 26.0. The molecule has 0 aliphatic heterocycles. The number of nitriles is 1. The van der Waals surface area contributed by atoms with Crippen LogP contribution in [0.2, 0.25) is 0 Å². The van der Waals surface area contributed by atoms with Crippen LogP contribution in [-0.4, -0.2) is 26.2 Å². The van der Waals surface area contributed by atoms with Gasteiger partial charge >= 0.3 is 0 Å². The van der Waals surface area contributed by atoms with E-state index in [2.05, 4.69) is 21.7 Å². The van der Waals surface area contributed by atoms with Crippen LogP contribution in [0, 0.1) is 16.7 Å². The Morgan fingerprint density at radius 3 is 2.88 bits per heavy atom. The summed E-state index contributed by atoms with van der Waals surface area (Å²) in [7, 11) is 0. The van der Waals surface area contributed by atoms with E-state index in [1.54, 1.807) is 13.3 Å².